The van der Waals surface area contributed by atoms with E-state index in [9.17, 15) is 0 Å². The molecule has 98 valence electrons. The summed E-state index contributed by atoms with van der Waals surface area (Å²) in [7, 11) is 0. The summed E-state index contributed by atoms with van der Waals surface area (Å²) in [5.41, 5.74) is 2.17. The maximum absolute atomic E-state index is 4.88. The second-order valence-corrected chi connectivity index (χ2v) is 7.29. The van der Waals surface area contributed by atoms with Crippen LogP contribution in [0.1, 0.15) is 0 Å². The molecule has 0 aliphatic heterocycles. The van der Waals surface area contributed by atoms with Crippen LogP contribution in [-0.4, -0.2) is 19.5 Å². The van der Waals surface area contributed by atoms with Gasteiger partial charge in [-0.05, 0) is 0 Å². The Bertz CT molecular complexity index is 1140. The summed E-state index contributed by atoms with van der Waals surface area (Å²) < 4.78 is 1.47. The normalized spacial score (nSPS) is 11.8. The van der Waals surface area contributed by atoms with Gasteiger partial charge in [0.15, 0.2) is 0 Å². The van der Waals surface area contributed by atoms with Crippen LogP contribution >= 0.6 is 0 Å². The van der Waals surface area contributed by atoms with E-state index >= 15 is 0 Å². The van der Waals surface area contributed by atoms with E-state index in [-0.39, 0.29) is 0 Å². The number of pyridine rings is 1. The van der Waals surface area contributed by atoms with Crippen LogP contribution in [0.5, 0.6) is 0 Å². The van der Waals surface area contributed by atoms with Crippen molar-refractivity contribution < 1.29 is 0 Å². The van der Waals surface area contributed by atoms with Gasteiger partial charge >= 0.3 is 127 Å². The van der Waals surface area contributed by atoms with Crippen LogP contribution in [0.3, 0.4) is 0 Å². The molecule has 2 aromatic heterocycles. The predicted molar refractivity (Wildman–Crippen MR) is 91.2 cm³/mol. The third-order valence-electron chi connectivity index (χ3n) is 4.13. The van der Waals surface area contributed by atoms with Crippen molar-refractivity contribution in [2.75, 3.05) is 0 Å². The molecule has 1 nitrogen and oxygen atoms in total. The molecule has 0 radical (unpaired) electrons. The Morgan fingerprint density at radius 1 is 0.667 bits per heavy atom. The van der Waals surface area contributed by atoms with E-state index in [1.165, 1.54) is 31.2 Å². The molecule has 0 atom stereocenters. The van der Waals surface area contributed by atoms with Crippen molar-refractivity contribution in [2.24, 2.45) is 0 Å². The average Bonchev–Trinajstić information content (AvgIpc) is 3.02. The van der Waals surface area contributed by atoms with Gasteiger partial charge in [0.05, 0.1) is 0 Å². The van der Waals surface area contributed by atoms with Gasteiger partial charge in [0, 0.05) is 0 Å². The summed E-state index contributed by atoms with van der Waals surface area (Å²) in [5.74, 6) is 0. The van der Waals surface area contributed by atoms with Gasteiger partial charge in [-0.25, -0.2) is 0 Å². The van der Waals surface area contributed by atoms with Gasteiger partial charge in [-0.3, -0.25) is 0 Å². The van der Waals surface area contributed by atoms with Crippen LogP contribution in [0.4, 0.5) is 0 Å². The van der Waals surface area contributed by atoms with Crippen molar-refractivity contribution in [3.8, 4) is 0 Å². The fourth-order valence-electron chi connectivity index (χ4n) is 3.11. The van der Waals surface area contributed by atoms with Gasteiger partial charge < -0.3 is 0 Å². The molecule has 2 heteroatoms. The summed E-state index contributed by atoms with van der Waals surface area (Å²) >= 11 is 0.483. The molecule has 3 aromatic carbocycles. The number of hydrogen-bond donors (Lipinski definition) is 0. The van der Waals surface area contributed by atoms with Crippen molar-refractivity contribution in [2.45, 2.75) is 0 Å². The standard InChI is InChI=1S/C19H11NSe/c1-2-4-13-12(3-1)5-6-17-15(13)11-16-14-9-10-21-19(14)8-7-18(16)20-17/h1-11H. The van der Waals surface area contributed by atoms with E-state index in [0.29, 0.717) is 14.5 Å². The molecule has 0 aliphatic carbocycles. The fraction of sp³-hybridized carbons (Fsp3) is 0. The third-order valence-corrected chi connectivity index (χ3v) is 5.98. The Hall–Kier alpha value is -2.15. The SMILES string of the molecule is c1ccc2c(c1)ccc1nc3ccc4[se]ccc4c3cc12. The van der Waals surface area contributed by atoms with E-state index in [1.54, 1.807) is 0 Å². The van der Waals surface area contributed by atoms with E-state index in [2.05, 4.69) is 65.6 Å². The minimum atomic E-state index is 0.483. The zero-order chi connectivity index (χ0) is 13.8. The van der Waals surface area contributed by atoms with Gasteiger partial charge in [0.25, 0.3) is 0 Å². The second-order valence-electron chi connectivity index (χ2n) is 5.31. The van der Waals surface area contributed by atoms with Crippen LogP contribution < -0.4 is 0 Å². The first kappa shape index (κ1) is 11.5. The van der Waals surface area contributed by atoms with E-state index in [4.69, 9.17) is 4.98 Å². The molecule has 5 rings (SSSR count). The number of nitrogens with zero attached hydrogens (tertiary/aromatic N) is 1. The minimum absolute atomic E-state index is 0.483. The summed E-state index contributed by atoms with van der Waals surface area (Å²) in [6.45, 7) is 0. The quantitative estimate of drug-likeness (QED) is 0.226. The van der Waals surface area contributed by atoms with Gasteiger partial charge in [0.2, 0.25) is 0 Å². The number of hydrogen-bond acceptors (Lipinski definition) is 1. The molecule has 0 bridgehead atoms. The maximum atomic E-state index is 4.88. The van der Waals surface area contributed by atoms with E-state index in [0.717, 1.165) is 11.0 Å². The number of rotatable bonds is 0. The Labute approximate surface area is 127 Å². The van der Waals surface area contributed by atoms with Crippen molar-refractivity contribution in [3.63, 3.8) is 0 Å². The van der Waals surface area contributed by atoms with Gasteiger partial charge in [0.1, 0.15) is 0 Å². The van der Waals surface area contributed by atoms with Crippen molar-refractivity contribution >= 4 is 56.7 Å². The number of benzene rings is 3. The van der Waals surface area contributed by atoms with Crippen LogP contribution in [0, 0.1) is 0 Å². The Morgan fingerprint density at radius 3 is 2.43 bits per heavy atom. The molecule has 0 aliphatic rings. The molecular formula is C19H11NSe. The Balaban J connectivity index is 2.07. The second kappa shape index (κ2) is 4.17. The molecule has 0 amide bonds. The fourth-order valence-corrected chi connectivity index (χ4v) is 4.79. The monoisotopic (exact) mass is 333 g/mol. The van der Waals surface area contributed by atoms with E-state index < -0.39 is 0 Å². The number of fused-ring (bicyclic) bond motifs is 6. The Morgan fingerprint density at radius 2 is 1.48 bits per heavy atom. The zero-order valence-corrected chi connectivity index (χ0v) is 12.9. The molecule has 0 saturated heterocycles. The first-order chi connectivity index (χ1) is 10.4. The van der Waals surface area contributed by atoms with Crippen LogP contribution in [-0.2, 0) is 0 Å². The van der Waals surface area contributed by atoms with Crippen LogP contribution in [0.15, 0.2) is 65.6 Å². The van der Waals surface area contributed by atoms with Crippen molar-refractivity contribution in [3.05, 3.63) is 65.6 Å². The van der Waals surface area contributed by atoms with Gasteiger partial charge in [-0.2, -0.15) is 0 Å². The van der Waals surface area contributed by atoms with Crippen LogP contribution in [0.2, 0.25) is 0 Å². The molecule has 0 saturated carbocycles. The molecule has 0 N–H and O–H groups in total. The molecule has 0 fully saturated rings. The average molecular weight is 332 g/mol. The summed E-state index contributed by atoms with van der Waals surface area (Å²) in [5, 5.41) is 6.47. The van der Waals surface area contributed by atoms with Crippen molar-refractivity contribution in [1.29, 1.82) is 0 Å². The molecule has 2 heterocycles. The zero-order valence-electron chi connectivity index (χ0n) is 11.2. The molecule has 0 spiro atoms. The Kier molecular flexibility index (Phi) is 2.29. The van der Waals surface area contributed by atoms with Gasteiger partial charge in [-0.15, -0.1) is 0 Å². The molecule has 21 heavy (non-hydrogen) atoms. The van der Waals surface area contributed by atoms with E-state index in [1.807, 2.05) is 0 Å². The first-order valence-corrected chi connectivity index (χ1v) is 8.83. The number of aromatic nitrogens is 1. The first-order valence-electron chi connectivity index (χ1n) is 6.99. The molecular weight excluding hydrogens is 321 g/mol. The predicted octanol–water partition coefficient (Wildman–Crippen LogP) is 4.75. The van der Waals surface area contributed by atoms with Crippen molar-refractivity contribution in [1.82, 2.24) is 4.98 Å². The summed E-state index contributed by atoms with van der Waals surface area (Å²) in [6, 6.07) is 21.8. The van der Waals surface area contributed by atoms with Crippen LogP contribution in [0.25, 0.3) is 42.2 Å². The summed E-state index contributed by atoms with van der Waals surface area (Å²) in [6.07, 6.45) is 0. The topological polar surface area (TPSA) is 12.9 Å². The summed E-state index contributed by atoms with van der Waals surface area (Å²) in [4.78, 5) is 7.17. The van der Waals surface area contributed by atoms with Gasteiger partial charge in [-0.1, -0.05) is 0 Å². The molecule has 0 unspecified atom stereocenters. The molecule has 5 aromatic rings. The third kappa shape index (κ3) is 1.61.